The maximum absolute atomic E-state index is 11.6. The summed E-state index contributed by atoms with van der Waals surface area (Å²) in [6, 6.07) is 1.59. The van der Waals surface area contributed by atoms with Crippen LogP contribution in [0.3, 0.4) is 0 Å². The van der Waals surface area contributed by atoms with Gasteiger partial charge in [0.2, 0.25) is 0 Å². The number of hydrogen-bond acceptors (Lipinski definition) is 4. The van der Waals surface area contributed by atoms with Crippen LogP contribution >= 0.6 is 0 Å². The minimum atomic E-state index is -0.358. The summed E-state index contributed by atoms with van der Waals surface area (Å²) in [7, 11) is 1.75. The first-order valence-electron chi connectivity index (χ1n) is 5.35. The van der Waals surface area contributed by atoms with Crippen LogP contribution in [0, 0.1) is 0 Å². The van der Waals surface area contributed by atoms with E-state index in [-0.39, 0.29) is 12.6 Å². The number of esters is 1. The Morgan fingerprint density at radius 2 is 2.25 bits per heavy atom. The fourth-order valence-electron chi connectivity index (χ4n) is 1.42. The topological polar surface area (TPSA) is 77.5 Å². The second-order valence-electron chi connectivity index (χ2n) is 3.69. The van der Waals surface area contributed by atoms with Crippen LogP contribution in [0.15, 0.2) is 12.3 Å². The number of carbonyl (C=O) groups is 1. The SMILES string of the molecule is Cn1cc(N)cc1C(=O)OCCCCCO. The Hall–Kier alpha value is -1.49. The van der Waals surface area contributed by atoms with Gasteiger partial charge in [0.05, 0.1) is 12.3 Å². The summed E-state index contributed by atoms with van der Waals surface area (Å²) in [4.78, 5) is 11.6. The Labute approximate surface area is 94.8 Å². The molecule has 0 saturated heterocycles. The summed E-state index contributed by atoms with van der Waals surface area (Å²) in [5, 5.41) is 8.57. The molecule has 0 unspecified atom stereocenters. The van der Waals surface area contributed by atoms with Crippen LogP contribution in [0.25, 0.3) is 0 Å². The van der Waals surface area contributed by atoms with Crippen LogP contribution in [0.4, 0.5) is 5.69 Å². The number of nitrogen functional groups attached to an aromatic ring is 1. The maximum Gasteiger partial charge on any atom is 0.355 e. The molecule has 0 aliphatic heterocycles. The molecule has 1 heterocycles. The molecule has 1 aromatic heterocycles. The number of carbonyl (C=O) groups excluding carboxylic acids is 1. The molecule has 0 saturated carbocycles. The van der Waals surface area contributed by atoms with Crippen LogP contribution < -0.4 is 5.73 Å². The summed E-state index contributed by atoms with van der Waals surface area (Å²) < 4.78 is 6.72. The van der Waals surface area contributed by atoms with E-state index >= 15 is 0 Å². The molecule has 0 aliphatic rings. The second kappa shape index (κ2) is 6.17. The van der Waals surface area contributed by atoms with Gasteiger partial charge in [0, 0.05) is 19.9 Å². The number of hydrogen-bond donors (Lipinski definition) is 2. The summed E-state index contributed by atoms with van der Waals surface area (Å²) in [5.74, 6) is -0.358. The van der Waals surface area contributed by atoms with Crippen LogP contribution in [0.2, 0.25) is 0 Å². The van der Waals surface area contributed by atoms with Gasteiger partial charge in [-0.05, 0) is 25.3 Å². The van der Waals surface area contributed by atoms with Gasteiger partial charge < -0.3 is 20.1 Å². The van der Waals surface area contributed by atoms with Gasteiger partial charge in [-0.15, -0.1) is 0 Å². The van der Waals surface area contributed by atoms with Gasteiger partial charge in [-0.2, -0.15) is 0 Å². The molecule has 0 radical (unpaired) electrons. The number of aryl methyl sites for hydroxylation is 1. The minimum Gasteiger partial charge on any atom is -0.461 e. The van der Waals surface area contributed by atoms with Crippen LogP contribution in [0.5, 0.6) is 0 Å². The average molecular weight is 226 g/mol. The van der Waals surface area contributed by atoms with E-state index in [0.29, 0.717) is 18.0 Å². The third-order valence-electron chi connectivity index (χ3n) is 2.27. The van der Waals surface area contributed by atoms with Gasteiger partial charge in [0.1, 0.15) is 5.69 Å². The van der Waals surface area contributed by atoms with E-state index in [1.165, 1.54) is 0 Å². The molecule has 0 amide bonds. The zero-order valence-corrected chi connectivity index (χ0v) is 9.48. The van der Waals surface area contributed by atoms with Crippen molar-refractivity contribution in [2.75, 3.05) is 18.9 Å². The molecule has 1 rings (SSSR count). The monoisotopic (exact) mass is 226 g/mol. The van der Waals surface area contributed by atoms with E-state index in [1.807, 2.05) is 0 Å². The molecule has 0 spiro atoms. The molecule has 0 fully saturated rings. The molecule has 3 N–H and O–H groups in total. The first-order valence-corrected chi connectivity index (χ1v) is 5.35. The number of nitrogens with two attached hydrogens (primary N) is 1. The highest BCUT2D eigenvalue weighted by Gasteiger charge is 2.11. The molecule has 0 aliphatic carbocycles. The van der Waals surface area contributed by atoms with Crippen molar-refractivity contribution >= 4 is 11.7 Å². The summed E-state index contributed by atoms with van der Waals surface area (Å²) >= 11 is 0. The first-order chi connectivity index (χ1) is 7.65. The number of aromatic nitrogens is 1. The first kappa shape index (κ1) is 12.6. The number of aliphatic hydroxyl groups excluding tert-OH is 1. The molecular formula is C11H18N2O3. The van der Waals surface area contributed by atoms with Crippen molar-refractivity contribution in [3.63, 3.8) is 0 Å². The fraction of sp³-hybridized carbons (Fsp3) is 0.545. The summed E-state index contributed by atoms with van der Waals surface area (Å²) in [6.45, 7) is 0.562. The highest BCUT2D eigenvalue weighted by Crippen LogP contribution is 2.10. The van der Waals surface area contributed by atoms with E-state index < -0.39 is 0 Å². The second-order valence-corrected chi connectivity index (χ2v) is 3.69. The Morgan fingerprint density at radius 3 is 2.81 bits per heavy atom. The smallest absolute Gasteiger partial charge is 0.355 e. The van der Waals surface area contributed by atoms with E-state index in [2.05, 4.69) is 0 Å². The lowest BCUT2D eigenvalue weighted by atomic mass is 10.2. The molecule has 5 nitrogen and oxygen atoms in total. The van der Waals surface area contributed by atoms with Gasteiger partial charge in [-0.3, -0.25) is 0 Å². The van der Waals surface area contributed by atoms with E-state index in [0.717, 1.165) is 19.3 Å². The van der Waals surface area contributed by atoms with Crippen molar-refractivity contribution < 1.29 is 14.6 Å². The quantitative estimate of drug-likeness (QED) is 0.558. The predicted molar refractivity (Wildman–Crippen MR) is 61.0 cm³/mol. The van der Waals surface area contributed by atoms with Crippen molar-refractivity contribution in [3.8, 4) is 0 Å². The minimum absolute atomic E-state index is 0.183. The molecular weight excluding hydrogens is 208 g/mol. The van der Waals surface area contributed by atoms with Crippen LogP contribution in [0.1, 0.15) is 29.8 Å². The lowest BCUT2D eigenvalue weighted by Gasteiger charge is -2.04. The van der Waals surface area contributed by atoms with Crippen molar-refractivity contribution in [2.24, 2.45) is 7.05 Å². The van der Waals surface area contributed by atoms with Gasteiger partial charge >= 0.3 is 5.97 Å². The van der Waals surface area contributed by atoms with E-state index in [1.54, 1.807) is 23.9 Å². The van der Waals surface area contributed by atoms with Gasteiger partial charge in [-0.25, -0.2) is 4.79 Å². The fourth-order valence-corrected chi connectivity index (χ4v) is 1.42. The summed E-state index contributed by atoms with van der Waals surface area (Å²) in [5.41, 5.74) is 6.56. The Balaban J connectivity index is 2.33. The number of aliphatic hydroxyl groups is 1. The van der Waals surface area contributed by atoms with Crippen molar-refractivity contribution in [2.45, 2.75) is 19.3 Å². The van der Waals surface area contributed by atoms with Crippen LogP contribution in [-0.2, 0) is 11.8 Å². The largest absolute Gasteiger partial charge is 0.461 e. The normalized spacial score (nSPS) is 10.4. The average Bonchev–Trinajstić information content (AvgIpc) is 2.57. The number of rotatable bonds is 6. The third kappa shape index (κ3) is 3.58. The number of anilines is 1. The zero-order chi connectivity index (χ0) is 12.0. The highest BCUT2D eigenvalue weighted by atomic mass is 16.5. The Morgan fingerprint density at radius 1 is 1.50 bits per heavy atom. The number of nitrogens with zero attached hydrogens (tertiary/aromatic N) is 1. The molecule has 0 aromatic carbocycles. The van der Waals surface area contributed by atoms with Crippen molar-refractivity contribution in [1.82, 2.24) is 4.57 Å². The Bertz CT molecular complexity index is 347. The maximum atomic E-state index is 11.6. The summed E-state index contributed by atoms with van der Waals surface area (Å²) in [6.07, 6.45) is 4.04. The van der Waals surface area contributed by atoms with Gasteiger partial charge in [0.15, 0.2) is 0 Å². The number of ether oxygens (including phenoxy) is 1. The molecule has 90 valence electrons. The zero-order valence-electron chi connectivity index (χ0n) is 9.48. The third-order valence-corrected chi connectivity index (χ3v) is 2.27. The van der Waals surface area contributed by atoms with Crippen molar-refractivity contribution in [3.05, 3.63) is 18.0 Å². The molecule has 16 heavy (non-hydrogen) atoms. The van der Waals surface area contributed by atoms with E-state index in [4.69, 9.17) is 15.6 Å². The van der Waals surface area contributed by atoms with Gasteiger partial charge in [0.25, 0.3) is 0 Å². The predicted octanol–water partition coefficient (Wildman–Crippen LogP) is 0.927. The van der Waals surface area contributed by atoms with Gasteiger partial charge in [-0.1, -0.05) is 0 Å². The van der Waals surface area contributed by atoms with E-state index in [9.17, 15) is 4.79 Å². The molecule has 0 bridgehead atoms. The number of unbranched alkanes of at least 4 members (excludes halogenated alkanes) is 2. The molecule has 0 atom stereocenters. The highest BCUT2D eigenvalue weighted by molar-refractivity contribution is 5.89. The standard InChI is InChI=1S/C11H18N2O3/c1-13-8-9(12)7-10(13)11(15)16-6-4-2-3-5-14/h7-8,14H,2-6,12H2,1H3. The van der Waals surface area contributed by atoms with Crippen LogP contribution in [-0.4, -0.2) is 28.9 Å². The Kier molecular flexibility index (Phi) is 4.85. The van der Waals surface area contributed by atoms with Crippen molar-refractivity contribution in [1.29, 1.82) is 0 Å². The molecule has 5 heteroatoms. The lowest BCUT2D eigenvalue weighted by molar-refractivity contribution is 0.0485. The molecule has 1 aromatic rings. The lowest BCUT2D eigenvalue weighted by Crippen LogP contribution is -2.10.